The number of carbonyl (C=O) groups excluding carboxylic acids is 1. The number of fused-ring (bicyclic) bond motifs is 1. The number of nitrogens with one attached hydrogen (secondary N) is 1. The van der Waals surface area contributed by atoms with E-state index in [4.69, 9.17) is 4.74 Å². The number of aromatic nitrogens is 2. The highest BCUT2D eigenvalue weighted by Gasteiger charge is 2.29. The molecule has 2 aliphatic rings. The molecule has 0 unspecified atom stereocenters. The number of hydrogen-bond acceptors (Lipinski definition) is 4. The Bertz CT molecular complexity index is 841. The number of amides is 1. The molecule has 1 aliphatic heterocycles. The molecule has 6 heteroatoms. The molecule has 1 aromatic carbocycles. The number of para-hydroxylation sites is 1. The summed E-state index contributed by atoms with van der Waals surface area (Å²) in [5.41, 5.74) is 0.907. The van der Waals surface area contributed by atoms with E-state index in [1.165, 1.54) is 6.07 Å². The third kappa shape index (κ3) is 2.91. The zero-order valence-corrected chi connectivity index (χ0v) is 13.5. The van der Waals surface area contributed by atoms with Gasteiger partial charge in [-0.15, -0.1) is 0 Å². The van der Waals surface area contributed by atoms with Gasteiger partial charge in [-0.2, -0.15) is 0 Å². The van der Waals surface area contributed by atoms with Gasteiger partial charge in [0.1, 0.15) is 23.4 Å². The lowest BCUT2D eigenvalue weighted by Crippen LogP contribution is -2.37. The molecule has 1 saturated carbocycles. The first kappa shape index (κ1) is 14.9. The Labute approximate surface area is 139 Å². The van der Waals surface area contributed by atoms with Gasteiger partial charge in [0.2, 0.25) is 0 Å². The van der Waals surface area contributed by atoms with Crippen LogP contribution in [0.1, 0.15) is 47.6 Å². The van der Waals surface area contributed by atoms with Crippen molar-refractivity contribution in [2.45, 2.75) is 38.3 Å². The smallest absolute Gasteiger partial charge is 0.273 e. The van der Waals surface area contributed by atoms with Gasteiger partial charge in [0.15, 0.2) is 0 Å². The molecular weight excluding hydrogens is 306 g/mol. The van der Waals surface area contributed by atoms with Gasteiger partial charge in [0.25, 0.3) is 11.5 Å². The first-order valence-corrected chi connectivity index (χ1v) is 8.25. The molecule has 1 N–H and O–H groups in total. The normalized spacial score (nSPS) is 20.0. The van der Waals surface area contributed by atoms with E-state index in [1.54, 1.807) is 4.90 Å². The zero-order valence-electron chi connectivity index (χ0n) is 13.5. The van der Waals surface area contributed by atoms with E-state index in [2.05, 4.69) is 9.97 Å². The summed E-state index contributed by atoms with van der Waals surface area (Å²) < 4.78 is 5.89. The maximum atomic E-state index is 12.9. The SMILES string of the molecule is C[C@H]1CN(C(=O)c2cc(=O)[nH]c(C3CC3)n2)Cc2ccccc2O1. The summed E-state index contributed by atoms with van der Waals surface area (Å²) in [6.07, 6.45) is 1.91. The first-order chi connectivity index (χ1) is 11.6. The van der Waals surface area contributed by atoms with Crippen LogP contribution in [0.2, 0.25) is 0 Å². The molecule has 0 bridgehead atoms. The number of benzene rings is 1. The van der Waals surface area contributed by atoms with E-state index in [0.29, 0.717) is 18.9 Å². The Balaban J connectivity index is 1.65. The Kier molecular flexibility index (Phi) is 3.59. The van der Waals surface area contributed by atoms with E-state index >= 15 is 0 Å². The molecule has 6 nitrogen and oxygen atoms in total. The van der Waals surface area contributed by atoms with Crippen LogP contribution in [0.5, 0.6) is 5.75 Å². The number of carbonyl (C=O) groups is 1. The second-order valence-electron chi connectivity index (χ2n) is 6.51. The van der Waals surface area contributed by atoms with E-state index in [9.17, 15) is 9.59 Å². The summed E-state index contributed by atoms with van der Waals surface area (Å²) in [6, 6.07) is 9.00. The van der Waals surface area contributed by atoms with Crippen molar-refractivity contribution in [3.05, 3.63) is 57.8 Å². The lowest BCUT2D eigenvalue weighted by atomic mass is 10.2. The van der Waals surface area contributed by atoms with Gasteiger partial charge in [-0.25, -0.2) is 4.98 Å². The van der Waals surface area contributed by atoms with Crippen molar-refractivity contribution in [1.82, 2.24) is 14.9 Å². The van der Waals surface area contributed by atoms with Crippen LogP contribution in [0.3, 0.4) is 0 Å². The number of nitrogens with zero attached hydrogens (tertiary/aromatic N) is 2. The van der Waals surface area contributed by atoms with Crippen LogP contribution < -0.4 is 10.3 Å². The maximum absolute atomic E-state index is 12.9. The third-order valence-corrected chi connectivity index (χ3v) is 4.37. The van der Waals surface area contributed by atoms with Gasteiger partial charge in [-0.05, 0) is 25.8 Å². The average Bonchev–Trinajstić information content (AvgIpc) is 3.39. The van der Waals surface area contributed by atoms with Gasteiger partial charge in [0.05, 0.1) is 6.54 Å². The van der Waals surface area contributed by atoms with E-state index in [1.807, 2.05) is 31.2 Å². The fraction of sp³-hybridized carbons (Fsp3) is 0.389. The van der Waals surface area contributed by atoms with Crippen LogP contribution in [0.4, 0.5) is 0 Å². The largest absolute Gasteiger partial charge is 0.489 e. The Morgan fingerprint density at radius 3 is 2.92 bits per heavy atom. The van der Waals surface area contributed by atoms with Gasteiger partial charge in [-0.1, -0.05) is 18.2 Å². The monoisotopic (exact) mass is 325 g/mol. The zero-order chi connectivity index (χ0) is 16.7. The molecule has 1 aromatic heterocycles. The highest BCUT2D eigenvalue weighted by Crippen LogP contribution is 2.37. The number of aromatic amines is 1. The summed E-state index contributed by atoms with van der Waals surface area (Å²) in [5.74, 6) is 1.50. The standard InChI is InChI=1S/C18H19N3O3/c1-11-9-21(10-13-4-2-3-5-15(13)24-11)18(23)14-8-16(22)20-17(19-14)12-6-7-12/h2-5,8,11-12H,6-7,9-10H2,1H3,(H,19,20,22)/t11-/m0/s1. The predicted molar refractivity (Wildman–Crippen MR) is 88.1 cm³/mol. The van der Waals surface area contributed by atoms with Crippen LogP contribution in [0.25, 0.3) is 0 Å². The van der Waals surface area contributed by atoms with Crippen LogP contribution >= 0.6 is 0 Å². The number of rotatable bonds is 2. The Morgan fingerprint density at radius 1 is 1.33 bits per heavy atom. The van der Waals surface area contributed by atoms with Crippen molar-refractivity contribution in [3.8, 4) is 5.75 Å². The molecule has 0 spiro atoms. The molecule has 1 amide bonds. The lowest BCUT2D eigenvalue weighted by Gasteiger charge is -2.21. The number of ether oxygens (including phenoxy) is 1. The van der Waals surface area contributed by atoms with Crippen molar-refractivity contribution in [3.63, 3.8) is 0 Å². The molecule has 4 rings (SSSR count). The van der Waals surface area contributed by atoms with Crippen molar-refractivity contribution in [2.75, 3.05) is 6.54 Å². The summed E-state index contributed by atoms with van der Waals surface area (Å²) in [6.45, 7) is 2.84. The molecule has 24 heavy (non-hydrogen) atoms. The highest BCUT2D eigenvalue weighted by molar-refractivity contribution is 5.92. The average molecular weight is 325 g/mol. The van der Waals surface area contributed by atoms with E-state index < -0.39 is 0 Å². The predicted octanol–water partition coefficient (Wildman–Crippen LogP) is 2.07. The molecule has 2 heterocycles. The minimum atomic E-state index is -0.269. The molecule has 0 saturated heterocycles. The Hall–Kier alpha value is -2.63. The maximum Gasteiger partial charge on any atom is 0.273 e. The second kappa shape index (κ2) is 5.78. The summed E-state index contributed by atoms with van der Waals surface area (Å²) in [7, 11) is 0. The van der Waals surface area contributed by atoms with Gasteiger partial charge < -0.3 is 14.6 Å². The minimum Gasteiger partial charge on any atom is -0.489 e. The van der Waals surface area contributed by atoms with Crippen LogP contribution in [0.15, 0.2) is 35.1 Å². The second-order valence-corrected chi connectivity index (χ2v) is 6.51. The quantitative estimate of drug-likeness (QED) is 0.917. The molecule has 1 fully saturated rings. The van der Waals surface area contributed by atoms with Gasteiger partial charge in [0, 0.05) is 24.1 Å². The molecule has 0 radical (unpaired) electrons. The molecule has 1 aliphatic carbocycles. The van der Waals surface area contributed by atoms with E-state index in [-0.39, 0.29) is 29.2 Å². The van der Waals surface area contributed by atoms with Crippen molar-refractivity contribution in [2.24, 2.45) is 0 Å². The summed E-state index contributed by atoms with van der Waals surface area (Å²) in [4.78, 5) is 33.6. The number of hydrogen-bond donors (Lipinski definition) is 1. The van der Waals surface area contributed by atoms with Gasteiger partial charge >= 0.3 is 0 Å². The molecule has 2 aromatic rings. The van der Waals surface area contributed by atoms with Crippen LogP contribution in [0, 0.1) is 0 Å². The molecule has 124 valence electrons. The van der Waals surface area contributed by atoms with Crippen molar-refractivity contribution >= 4 is 5.91 Å². The fourth-order valence-electron chi connectivity index (χ4n) is 3.04. The Morgan fingerprint density at radius 2 is 2.12 bits per heavy atom. The highest BCUT2D eigenvalue weighted by atomic mass is 16.5. The fourth-order valence-corrected chi connectivity index (χ4v) is 3.04. The molecular formula is C18H19N3O3. The third-order valence-electron chi connectivity index (χ3n) is 4.37. The first-order valence-electron chi connectivity index (χ1n) is 8.25. The van der Waals surface area contributed by atoms with Crippen molar-refractivity contribution in [1.29, 1.82) is 0 Å². The van der Waals surface area contributed by atoms with Crippen molar-refractivity contribution < 1.29 is 9.53 Å². The summed E-state index contributed by atoms with van der Waals surface area (Å²) in [5, 5.41) is 0. The number of H-pyrrole nitrogens is 1. The molecule has 1 atom stereocenters. The van der Waals surface area contributed by atoms with Gasteiger partial charge in [-0.3, -0.25) is 9.59 Å². The minimum absolute atomic E-state index is 0.123. The van der Waals surface area contributed by atoms with Crippen LogP contribution in [-0.2, 0) is 6.54 Å². The summed E-state index contributed by atoms with van der Waals surface area (Å²) >= 11 is 0. The topological polar surface area (TPSA) is 75.3 Å². The van der Waals surface area contributed by atoms with E-state index in [0.717, 1.165) is 24.2 Å². The lowest BCUT2D eigenvalue weighted by molar-refractivity contribution is 0.0684. The van der Waals surface area contributed by atoms with Crippen LogP contribution in [-0.4, -0.2) is 33.4 Å².